The molecule has 0 spiro atoms. The van der Waals surface area contributed by atoms with Gasteiger partial charge in [0.25, 0.3) is 0 Å². The number of amides is 1. The van der Waals surface area contributed by atoms with E-state index >= 15 is 0 Å². The van der Waals surface area contributed by atoms with Crippen molar-refractivity contribution in [3.05, 3.63) is 41.5 Å². The molecular formula is C18H25FN6O. The number of halogens is 1. The third kappa shape index (κ3) is 4.07. The van der Waals surface area contributed by atoms with Crippen LogP contribution < -0.4 is 0 Å². The van der Waals surface area contributed by atoms with Gasteiger partial charge in [-0.05, 0) is 62.0 Å². The van der Waals surface area contributed by atoms with Crippen LogP contribution in [0.2, 0.25) is 0 Å². The molecule has 7 nitrogen and oxygen atoms in total. The molecule has 1 aromatic heterocycles. The first-order chi connectivity index (χ1) is 12.5. The highest BCUT2D eigenvalue weighted by molar-refractivity contribution is 5.80. The number of carbonyl (C=O) groups is 1. The lowest BCUT2D eigenvalue weighted by Gasteiger charge is -2.36. The standard InChI is InChI=1S/C18H25FN6O/c1-13-20-21-22-25(13)17(12-14-4-6-15(19)7-5-14)18(26)24-10-8-16(9-11-24)23(2)3/h4-7,16-17H,8-12H2,1-3H3. The molecule has 1 aromatic carbocycles. The van der Waals surface area contributed by atoms with Gasteiger partial charge in [0.15, 0.2) is 0 Å². The molecule has 1 atom stereocenters. The SMILES string of the molecule is Cc1nnnn1C(Cc1ccc(F)cc1)C(=O)N1CCC(N(C)C)CC1. The molecule has 26 heavy (non-hydrogen) atoms. The van der Waals surface area contributed by atoms with Crippen LogP contribution in [0.3, 0.4) is 0 Å². The molecule has 0 saturated carbocycles. The van der Waals surface area contributed by atoms with E-state index in [9.17, 15) is 9.18 Å². The van der Waals surface area contributed by atoms with E-state index in [-0.39, 0.29) is 11.7 Å². The van der Waals surface area contributed by atoms with Crippen LogP contribution in [0.1, 0.15) is 30.3 Å². The highest BCUT2D eigenvalue weighted by atomic mass is 19.1. The summed E-state index contributed by atoms with van der Waals surface area (Å²) in [6.07, 6.45) is 2.34. The largest absolute Gasteiger partial charge is 0.341 e. The number of tetrazole rings is 1. The minimum Gasteiger partial charge on any atom is -0.341 e. The van der Waals surface area contributed by atoms with Crippen molar-refractivity contribution < 1.29 is 9.18 Å². The van der Waals surface area contributed by atoms with Crippen molar-refractivity contribution in [3.63, 3.8) is 0 Å². The Balaban J connectivity index is 1.78. The molecule has 0 radical (unpaired) electrons. The van der Waals surface area contributed by atoms with Crippen LogP contribution in [0.5, 0.6) is 0 Å². The Labute approximate surface area is 152 Å². The van der Waals surface area contributed by atoms with Gasteiger partial charge in [0.1, 0.15) is 17.7 Å². The van der Waals surface area contributed by atoms with Gasteiger partial charge in [-0.2, -0.15) is 0 Å². The molecule has 1 fully saturated rings. The lowest BCUT2D eigenvalue weighted by Crippen LogP contribution is -2.47. The second-order valence-corrected chi connectivity index (χ2v) is 7.04. The van der Waals surface area contributed by atoms with E-state index in [0.717, 1.165) is 31.5 Å². The normalized spacial score (nSPS) is 16.9. The van der Waals surface area contributed by atoms with E-state index in [4.69, 9.17) is 0 Å². The van der Waals surface area contributed by atoms with E-state index in [2.05, 4.69) is 34.5 Å². The summed E-state index contributed by atoms with van der Waals surface area (Å²) >= 11 is 0. The van der Waals surface area contributed by atoms with Gasteiger partial charge in [0.05, 0.1) is 0 Å². The Morgan fingerprint density at radius 2 is 1.92 bits per heavy atom. The maximum atomic E-state index is 13.2. The van der Waals surface area contributed by atoms with E-state index < -0.39 is 6.04 Å². The summed E-state index contributed by atoms with van der Waals surface area (Å²) in [6, 6.07) is 6.20. The van der Waals surface area contributed by atoms with Gasteiger partial charge in [-0.25, -0.2) is 9.07 Å². The van der Waals surface area contributed by atoms with Crippen molar-refractivity contribution in [2.24, 2.45) is 0 Å². The van der Waals surface area contributed by atoms with Crippen molar-refractivity contribution in [2.75, 3.05) is 27.2 Å². The number of hydrogen-bond acceptors (Lipinski definition) is 5. The highest BCUT2D eigenvalue weighted by Gasteiger charge is 2.31. The predicted octanol–water partition coefficient (Wildman–Crippen LogP) is 1.46. The molecule has 3 rings (SSSR count). The number of likely N-dealkylation sites (tertiary alicyclic amines) is 1. The van der Waals surface area contributed by atoms with Crippen LogP contribution in [-0.4, -0.2) is 69.1 Å². The van der Waals surface area contributed by atoms with Crippen molar-refractivity contribution in [2.45, 2.75) is 38.3 Å². The summed E-state index contributed by atoms with van der Waals surface area (Å²) in [5.74, 6) is 0.316. The van der Waals surface area contributed by atoms with Gasteiger partial charge in [-0.1, -0.05) is 12.1 Å². The van der Waals surface area contributed by atoms with Crippen molar-refractivity contribution in [3.8, 4) is 0 Å². The Morgan fingerprint density at radius 1 is 1.27 bits per heavy atom. The van der Waals surface area contributed by atoms with Crippen LogP contribution in [-0.2, 0) is 11.2 Å². The van der Waals surface area contributed by atoms with E-state index in [1.54, 1.807) is 23.7 Å². The molecule has 2 aromatic rings. The number of benzene rings is 1. The first kappa shape index (κ1) is 18.4. The molecule has 0 N–H and O–H groups in total. The number of carbonyl (C=O) groups excluding carboxylic acids is 1. The van der Waals surface area contributed by atoms with Crippen molar-refractivity contribution in [1.82, 2.24) is 30.0 Å². The monoisotopic (exact) mass is 360 g/mol. The average molecular weight is 360 g/mol. The summed E-state index contributed by atoms with van der Waals surface area (Å²) in [5.41, 5.74) is 0.878. The molecule has 1 aliphatic heterocycles. The van der Waals surface area contributed by atoms with Gasteiger partial charge < -0.3 is 9.80 Å². The van der Waals surface area contributed by atoms with Gasteiger partial charge in [0.2, 0.25) is 5.91 Å². The smallest absolute Gasteiger partial charge is 0.247 e. The molecule has 1 amide bonds. The maximum absolute atomic E-state index is 13.2. The summed E-state index contributed by atoms with van der Waals surface area (Å²) < 4.78 is 14.8. The quantitative estimate of drug-likeness (QED) is 0.808. The van der Waals surface area contributed by atoms with Crippen molar-refractivity contribution in [1.29, 1.82) is 0 Å². The lowest BCUT2D eigenvalue weighted by atomic mass is 10.0. The number of nitrogens with zero attached hydrogens (tertiary/aromatic N) is 6. The van der Waals surface area contributed by atoms with E-state index in [0.29, 0.717) is 18.3 Å². The number of aromatic nitrogens is 4. The molecule has 1 aliphatic rings. The molecular weight excluding hydrogens is 335 g/mol. The maximum Gasteiger partial charge on any atom is 0.247 e. The van der Waals surface area contributed by atoms with E-state index in [1.165, 1.54) is 12.1 Å². The zero-order valence-electron chi connectivity index (χ0n) is 15.5. The highest BCUT2D eigenvalue weighted by Crippen LogP contribution is 2.22. The number of aryl methyl sites for hydroxylation is 1. The summed E-state index contributed by atoms with van der Waals surface area (Å²) in [7, 11) is 4.15. The van der Waals surface area contributed by atoms with Gasteiger partial charge in [0, 0.05) is 25.6 Å². The fraction of sp³-hybridized carbons (Fsp3) is 0.556. The Kier molecular flexibility index (Phi) is 5.61. The summed E-state index contributed by atoms with van der Waals surface area (Å²) in [4.78, 5) is 17.3. The summed E-state index contributed by atoms with van der Waals surface area (Å²) in [5, 5.41) is 11.6. The minimum absolute atomic E-state index is 0.0157. The Hall–Kier alpha value is -2.35. The Bertz CT molecular complexity index is 736. The third-order valence-corrected chi connectivity index (χ3v) is 5.09. The molecule has 0 aliphatic carbocycles. The topological polar surface area (TPSA) is 67.2 Å². The van der Waals surface area contributed by atoms with Crippen molar-refractivity contribution >= 4 is 5.91 Å². The number of hydrogen-bond donors (Lipinski definition) is 0. The average Bonchev–Trinajstić information content (AvgIpc) is 3.06. The second kappa shape index (κ2) is 7.90. The predicted molar refractivity (Wildman–Crippen MR) is 95.0 cm³/mol. The molecule has 1 unspecified atom stereocenters. The summed E-state index contributed by atoms with van der Waals surface area (Å²) in [6.45, 7) is 3.23. The Morgan fingerprint density at radius 3 is 2.46 bits per heavy atom. The first-order valence-corrected chi connectivity index (χ1v) is 8.90. The lowest BCUT2D eigenvalue weighted by molar-refractivity contribution is -0.136. The van der Waals surface area contributed by atoms with Crippen LogP contribution >= 0.6 is 0 Å². The molecule has 2 heterocycles. The molecule has 0 bridgehead atoms. The second-order valence-electron chi connectivity index (χ2n) is 7.04. The zero-order valence-corrected chi connectivity index (χ0v) is 15.5. The van der Waals surface area contributed by atoms with Gasteiger partial charge >= 0.3 is 0 Å². The van der Waals surface area contributed by atoms with Crippen LogP contribution in [0.15, 0.2) is 24.3 Å². The van der Waals surface area contributed by atoms with Gasteiger partial charge in [-0.3, -0.25) is 4.79 Å². The number of piperidine rings is 1. The van der Waals surface area contributed by atoms with Crippen LogP contribution in [0.4, 0.5) is 4.39 Å². The number of rotatable bonds is 5. The molecule has 140 valence electrons. The van der Waals surface area contributed by atoms with Gasteiger partial charge in [-0.15, -0.1) is 5.10 Å². The fourth-order valence-electron chi connectivity index (χ4n) is 3.46. The fourth-order valence-corrected chi connectivity index (χ4v) is 3.46. The minimum atomic E-state index is -0.522. The molecule has 8 heteroatoms. The third-order valence-electron chi connectivity index (χ3n) is 5.09. The molecule has 1 saturated heterocycles. The first-order valence-electron chi connectivity index (χ1n) is 8.90. The zero-order chi connectivity index (χ0) is 18.7. The van der Waals surface area contributed by atoms with Crippen LogP contribution in [0.25, 0.3) is 0 Å². The van der Waals surface area contributed by atoms with Crippen LogP contribution in [0, 0.1) is 12.7 Å². The van der Waals surface area contributed by atoms with E-state index in [1.807, 2.05) is 4.90 Å².